The summed E-state index contributed by atoms with van der Waals surface area (Å²) in [5.74, 6) is -0.976. The van der Waals surface area contributed by atoms with E-state index in [2.05, 4.69) is 25.3 Å². The molecule has 1 aliphatic carbocycles. The molecule has 370 valence electrons. The van der Waals surface area contributed by atoms with Gasteiger partial charge in [-0.3, -0.25) is 18.6 Å². The van der Waals surface area contributed by atoms with E-state index in [9.17, 15) is 39.5 Å². The summed E-state index contributed by atoms with van der Waals surface area (Å²) in [6, 6.07) is 0. The highest BCUT2D eigenvalue weighted by atomic mass is 31.2. The fourth-order valence-electron chi connectivity index (χ4n) is 7.94. The maximum Gasteiger partial charge on any atom is 0.472 e. The minimum Gasteiger partial charge on any atom is -0.461 e. The van der Waals surface area contributed by atoms with Gasteiger partial charge in [-0.05, 0) is 31.1 Å². The number of ether oxygens (including phenoxy) is 2. The summed E-state index contributed by atoms with van der Waals surface area (Å²) in [4.78, 5) is 35.4. The van der Waals surface area contributed by atoms with Crippen molar-refractivity contribution in [3.05, 3.63) is 24.3 Å². The van der Waals surface area contributed by atoms with Crippen LogP contribution in [0.25, 0.3) is 0 Å². The molecule has 0 aromatic heterocycles. The van der Waals surface area contributed by atoms with Crippen molar-refractivity contribution in [2.75, 3.05) is 26.4 Å². The maximum atomic E-state index is 12.7. The molecule has 0 aromatic carbocycles. The number of carbonyl (C=O) groups excluding carboxylic acids is 2. The smallest absolute Gasteiger partial charge is 0.461 e. The molecule has 1 rings (SSSR count). The van der Waals surface area contributed by atoms with Crippen LogP contribution in [-0.4, -0.2) is 99.3 Å². The molecule has 0 aromatic rings. The summed E-state index contributed by atoms with van der Waals surface area (Å²) >= 11 is 0. The fraction of sp³-hybridized carbons (Fsp3) is 0.878. The average molecular weight is 919 g/mol. The molecule has 0 spiro atoms. The summed E-state index contributed by atoms with van der Waals surface area (Å²) in [6.45, 7) is 4.32. The van der Waals surface area contributed by atoms with Gasteiger partial charge in [-0.25, -0.2) is 4.57 Å². The monoisotopic (exact) mass is 919 g/mol. The Hall–Kier alpha value is -1.67. The first-order valence-electron chi connectivity index (χ1n) is 24.9. The molecule has 63 heavy (non-hydrogen) atoms. The Labute approximate surface area is 381 Å². The Morgan fingerprint density at radius 2 is 1.24 bits per heavy atom. The quantitative estimate of drug-likeness (QED) is 0.0146. The third kappa shape index (κ3) is 32.6. The number of esters is 2. The van der Waals surface area contributed by atoms with E-state index in [-0.39, 0.29) is 31.1 Å². The van der Waals surface area contributed by atoms with Crippen LogP contribution in [0, 0.1) is 17.8 Å². The van der Waals surface area contributed by atoms with E-state index in [4.69, 9.17) is 19.1 Å². The van der Waals surface area contributed by atoms with Crippen molar-refractivity contribution >= 4 is 19.8 Å². The van der Waals surface area contributed by atoms with Crippen LogP contribution >= 0.6 is 7.82 Å². The van der Waals surface area contributed by atoms with Crippen molar-refractivity contribution in [2.45, 2.75) is 231 Å². The van der Waals surface area contributed by atoms with Gasteiger partial charge in [0.25, 0.3) is 0 Å². The number of hydrogen-bond acceptors (Lipinski definition) is 12. The van der Waals surface area contributed by atoms with Gasteiger partial charge in [-0.1, -0.05) is 186 Å². The van der Waals surface area contributed by atoms with Gasteiger partial charge in [0.2, 0.25) is 0 Å². The van der Waals surface area contributed by atoms with E-state index < -0.39 is 76.7 Å². The van der Waals surface area contributed by atoms with E-state index >= 15 is 0 Å². The molecule has 1 aliphatic rings. The average Bonchev–Trinajstić information content (AvgIpc) is 3.53. The minimum atomic E-state index is -4.70. The van der Waals surface area contributed by atoms with Crippen molar-refractivity contribution < 1.29 is 63.1 Å². The molecule has 6 N–H and O–H groups in total. The molecule has 14 heteroatoms. The second kappa shape index (κ2) is 38.4. The van der Waals surface area contributed by atoms with Gasteiger partial charge in [0.1, 0.15) is 12.7 Å². The second-order valence-corrected chi connectivity index (χ2v) is 19.5. The van der Waals surface area contributed by atoms with Crippen LogP contribution < -0.4 is 0 Å². The Morgan fingerprint density at radius 1 is 0.698 bits per heavy atom. The predicted octanol–water partition coefficient (Wildman–Crippen LogP) is 9.97. The largest absolute Gasteiger partial charge is 0.472 e. The molecule has 2 unspecified atom stereocenters. The van der Waals surface area contributed by atoms with Crippen LogP contribution in [0.3, 0.4) is 0 Å². The fourth-order valence-corrected chi connectivity index (χ4v) is 8.73. The third-order valence-electron chi connectivity index (χ3n) is 12.3. The lowest BCUT2D eigenvalue weighted by molar-refractivity contribution is -0.160. The zero-order valence-corrected chi connectivity index (χ0v) is 40.4. The molecule has 1 saturated carbocycles. The number of aliphatic hydroxyl groups excluding tert-OH is 5. The standard InChI is InChI=1S/C49H91O13P/c1-4-6-23-29-41(51)33-34-45-44(46(53)35-47(45)54)30-26-27-31-48(55)59-38-43(39-61-63(57,58)60-37-42(52)36-50)62-49(56)32-25-22-20-18-16-14-12-10-8-7-9-11-13-15-17-19-21-24-28-40(3)5-2/h26-27,33-34,40-47,50-54H,4-25,28-32,35-39H2,1-3H3,(H,57,58)/b27-26-,34-33+/t40?,41-,42+,43-,44+,45-,46+,47-/m1/s1. The summed E-state index contributed by atoms with van der Waals surface area (Å²) in [5.41, 5.74) is 0. The summed E-state index contributed by atoms with van der Waals surface area (Å²) in [5, 5.41) is 49.8. The molecular weight excluding hydrogens is 827 g/mol. The van der Waals surface area contributed by atoms with Crippen LogP contribution in [0.2, 0.25) is 0 Å². The van der Waals surface area contributed by atoms with E-state index in [0.717, 1.165) is 44.4 Å². The number of carbonyl (C=O) groups is 2. The van der Waals surface area contributed by atoms with E-state index in [1.54, 1.807) is 24.3 Å². The van der Waals surface area contributed by atoms with Gasteiger partial charge in [0.15, 0.2) is 6.10 Å². The van der Waals surface area contributed by atoms with Crippen molar-refractivity contribution in [3.8, 4) is 0 Å². The van der Waals surface area contributed by atoms with Crippen molar-refractivity contribution in [2.24, 2.45) is 17.8 Å². The van der Waals surface area contributed by atoms with Crippen molar-refractivity contribution in [3.63, 3.8) is 0 Å². The molecule has 0 heterocycles. The Morgan fingerprint density at radius 3 is 1.79 bits per heavy atom. The molecule has 1 fully saturated rings. The second-order valence-electron chi connectivity index (χ2n) is 18.1. The Bertz CT molecular complexity index is 1230. The molecule has 0 radical (unpaired) electrons. The van der Waals surface area contributed by atoms with Crippen molar-refractivity contribution in [1.82, 2.24) is 0 Å². The van der Waals surface area contributed by atoms with E-state index in [0.29, 0.717) is 19.3 Å². The van der Waals surface area contributed by atoms with Gasteiger partial charge in [-0.15, -0.1) is 0 Å². The zero-order valence-electron chi connectivity index (χ0n) is 39.5. The third-order valence-corrected chi connectivity index (χ3v) is 13.2. The number of phosphoric acid groups is 1. The topological polar surface area (TPSA) is 210 Å². The summed E-state index contributed by atoms with van der Waals surface area (Å²) in [7, 11) is -4.70. The Balaban J connectivity index is 2.38. The molecule has 9 atom stereocenters. The molecule has 0 saturated heterocycles. The Kier molecular flexibility index (Phi) is 36.2. The van der Waals surface area contributed by atoms with Gasteiger partial charge in [-0.2, -0.15) is 0 Å². The van der Waals surface area contributed by atoms with Crippen molar-refractivity contribution in [1.29, 1.82) is 0 Å². The van der Waals surface area contributed by atoms with Crippen LogP contribution in [0.5, 0.6) is 0 Å². The number of phosphoric ester groups is 1. The molecular formula is C49H91O13P. The highest BCUT2D eigenvalue weighted by molar-refractivity contribution is 7.47. The van der Waals surface area contributed by atoms with Gasteiger partial charge >= 0.3 is 19.8 Å². The molecule has 0 aliphatic heterocycles. The zero-order chi connectivity index (χ0) is 46.6. The number of hydrogen-bond donors (Lipinski definition) is 6. The first-order chi connectivity index (χ1) is 30.3. The van der Waals surface area contributed by atoms with E-state index in [1.165, 1.54) is 103 Å². The van der Waals surface area contributed by atoms with Crippen LogP contribution in [0.15, 0.2) is 24.3 Å². The van der Waals surface area contributed by atoms with E-state index in [1.807, 2.05) is 0 Å². The van der Waals surface area contributed by atoms with Crippen LogP contribution in [0.1, 0.15) is 201 Å². The number of aliphatic hydroxyl groups is 5. The molecule has 13 nitrogen and oxygen atoms in total. The lowest BCUT2D eigenvalue weighted by Crippen LogP contribution is -2.29. The van der Waals surface area contributed by atoms with Gasteiger partial charge < -0.3 is 39.9 Å². The lowest BCUT2D eigenvalue weighted by Gasteiger charge is -2.20. The number of unbranched alkanes of at least 4 members (excludes halogenated alkanes) is 19. The maximum absolute atomic E-state index is 12.7. The number of allylic oxidation sites excluding steroid dienone is 1. The van der Waals surface area contributed by atoms with Gasteiger partial charge in [0, 0.05) is 18.8 Å². The first kappa shape index (κ1) is 59.3. The molecule has 0 amide bonds. The highest BCUT2D eigenvalue weighted by Crippen LogP contribution is 2.43. The van der Waals surface area contributed by atoms with Crippen LogP contribution in [-0.2, 0) is 32.7 Å². The molecule has 0 bridgehead atoms. The van der Waals surface area contributed by atoms with Crippen LogP contribution in [0.4, 0.5) is 0 Å². The lowest BCUT2D eigenvalue weighted by atomic mass is 9.89. The normalized spacial score (nSPS) is 20.8. The first-order valence-corrected chi connectivity index (χ1v) is 26.4. The summed E-state index contributed by atoms with van der Waals surface area (Å²) in [6.07, 6.45) is 31.2. The summed E-state index contributed by atoms with van der Waals surface area (Å²) < 4.78 is 32.8. The SMILES string of the molecule is CCCCC[C@@H](O)/C=C/[C@@H]1[C@H](C/C=C\CC(=O)OC[C@H](COP(=O)(O)OC[C@@H](O)CO)OC(=O)CCCCCCCCCCCCCCCCCCCCC(C)CC)[C@@H](O)C[C@H]1O. The number of rotatable bonds is 42. The highest BCUT2D eigenvalue weighted by Gasteiger charge is 2.39. The predicted molar refractivity (Wildman–Crippen MR) is 249 cm³/mol. The minimum absolute atomic E-state index is 0.122. The van der Waals surface area contributed by atoms with Gasteiger partial charge in [0.05, 0.1) is 44.6 Å².